The molecule has 1 saturated heterocycles. The fraction of sp³-hybridized carbons (Fsp3) is 0.609. The fourth-order valence-electron chi connectivity index (χ4n) is 4.13. The van der Waals surface area contributed by atoms with Gasteiger partial charge in [-0.2, -0.15) is 0 Å². The number of rotatable bonds is 5. The Morgan fingerprint density at radius 1 is 0.833 bits per heavy atom. The third-order valence-electron chi connectivity index (χ3n) is 6.02. The van der Waals surface area contributed by atoms with Gasteiger partial charge in [0.15, 0.2) is 0 Å². The maximum absolute atomic E-state index is 12.4. The van der Waals surface area contributed by atoms with Crippen LogP contribution in [0.15, 0.2) is 24.3 Å². The first kappa shape index (κ1) is 22.1. The lowest BCUT2D eigenvalue weighted by Crippen LogP contribution is -2.44. The lowest BCUT2D eigenvalue weighted by atomic mass is 9.88. The van der Waals surface area contributed by atoms with E-state index in [-0.39, 0.29) is 23.8 Å². The van der Waals surface area contributed by atoms with E-state index in [0.29, 0.717) is 11.4 Å². The summed E-state index contributed by atoms with van der Waals surface area (Å²) in [6, 6.07) is 6.39. The van der Waals surface area contributed by atoms with Crippen molar-refractivity contribution >= 4 is 29.2 Å². The molecule has 3 N–H and O–H groups in total. The van der Waals surface area contributed by atoms with E-state index >= 15 is 0 Å². The normalized spacial score (nSPS) is 18.8. The van der Waals surface area contributed by atoms with E-state index in [1.807, 2.05) is 4.90 Å². The van der Waals surface area contributed by atoms with Crippen LogP contribution in [0.1, 0.15) is 64.7 Å². The molecule has 0 aromatic heterocycles. The highest BCUT2D eigenvalue weighted by atomic mass is 16.2. The Labute approximate surface area is 179 Å². The Balaban J connectivity index is 1.46. The number of likely N-dealkylation sites (tertiary alicyclic amines) is 1. The van der Waals surface area contributed by atoms with E-state index in [9.17, 15) is 14.4 Å². The van der Waals surface area contributed by atoms with E-state index in [1.54, 1.807) is 31.2 Å². The average molecular weight is 415 g/mol. The van der Waals surface area contributed by atoms with Gasteiger partial charge in [0.2, 0.25) is 11.8 Å². The standard InChI is InChI=1S/C23H34N4O3/c1-17(24-22(29)18-9-5-4-6-10-18)21(28)25-19-11-13-20(14-12-19)26-23(30)27-15-7-2-3-8-16-27/h11-14,17-18H,2-10,15-16H2,1H3,(H,24,29)(H,25,28)(H,26,30). The largest absolute Gasteiger partial charge is 0.344 e. The zero-order valence-electron chi connectivity index (χ0n) is 17.9. The highest BCUT2D eigenvalue weighted by Crippen LogP contribution is 2.23. The average Bonchev–Trinajstić information content (AvgIpc) is 3.05. The summed E-state index contributed by atoms with van der Waals surface area (Å²) in [4.78, 5) is 39.0. The van der Waals surface area contributed by atoms with Gasteiger partial charge in [-0.1, -0.05) is 32.1 Å². The predicted octanol–water partition coefficient (Wildman–Crippen LogP) is 4.12. The number of amides is 4. The first-order valence-electron chi connectivity index (χ1n) is 11.3. The first-order chi connectivity index (χ1) is 14.5. The summed E-state index contributed by atoms with van der Waals surface area (Å²) < 4.78 is 0. The lowest BCUT2D eigenvalue weighted by Gasteiger charge is -2.23. The molecule has 1 aromatic carbocycles. The van der Waals surface area contributed by atoms with E-state index in [4.69, 9.17) is 0 Å². The van der Waals surface area contributed by atoms with Crippen LogP contribution in [0.3, 0.4) is 0 Å². The van der Waals surface area contributed by atoms with Crippen LogP contribution in [-0.2, 0) is 9.59 Å². The number of urea groups is 1. The number of anilines is 2. The molecule has 3 rings (SSSR count). The Morgan fingerprint density at radius 3 is 1.97 bits per heavy atom. The van der Waals surface area contributed by atoms with Gasteiger partial charge in [0.1, 0.15) is 6.04 Å². The van der Waals surface area contributed by atoms with Gasteiger partial charge in [-0.05, 0) is 56.9 Å². The number of benzene rings is 1. The van der Waals surface area contributed by atoms with Gasteiger partial charge in [0, 0.05) is 30.4 Å². The molecular weight excluding hydrogens is 380 g/mol. The van der Waals surface area contributed by atoms with Crippen molar-refractivity contribution in [1.82, 2.24) is 10.2 Å². The van der Waals surface area contributed by atoms with Gasteiger partial charge in [0.05, 0.1) is 0 Å². The molecular formula is C23H34N4O3. The molecule has 2 fully saturated rings. The summed E-state index contributed by atoms with van der Waals surface area (Å²) in [6.45, 7) is 3.29. The molecule has 164 valence electrons. The Hall–Kier alpha value is -2.57. The van der Waals surface area contributed by atoms with Crippen LogP contribution in [0.5, 0.6) is 0 Å². The molecule has 1 saturated carbocycles. The Bertz CT molecular complexity index is 720. The molecule has 0 radical (unpaired) electrons. The van der Waals surface area contributed by atoms with Crippen molar-refractivity contribution in [3.8, 4) is 0 Å². The second-order valence-corrected chi connectivity index (χ2v) is 8.46. The number of nitrogens with one attached hydrogen (secondary N) is 3. The van der Waals surface area contributed by atoms with E-state index < -0.39 is 6.04 Å². The number of carbonyl (C=O) groups is 3. The monoisotopic (exact) mass is 414 g/mol. The zero-order chi connectivity index (χ0) is 21.3. The van der Waals surface area contributed by atoms with Crippen molar-refractivity contribution in [2.75, 3.05) is 23.7 Å². The summed E-state index contributed by atoms with van der Waals surface area (Å²) in [5, 5.41) is 8.58. The summed E-state index contributed by atoms with van der Waals surface area (Å²) in [5.74, 6) is -0.245. The summed E-state index contributed by atoms with van der Waals surface area (Å²) in [7, 11) is 0. The maximum Gasteiger partial charge on any atom is 0.321 e. The predicted molar refractivity (Wildman–Crippen MR) is 118 cm³/mol. The highest BCUT2D eigenvalue weighted by molar-refractivity contribution is 5.97. The van der Waals surface area contributed by atoms with Gasteiger partial charge in [0.25, 0.3) is 0 Å². The molecule has 1 aromatic rings. The lowest BCUT2D eigenvalue weighted by molar-refractivity contribution is -0.129. The van der Waals surface area contributed by atoms with Gasteiger partial charge < -0.3 is 20.9 Å². The fourth-order valence-corrected chi connectivity index (χ4v) is 4.13. The second kappa shape index (κ2) is 11.0. The van der Waals surface area contributed by atoms with Crippen LogP contribution in [0.2, 0.25) is 0 Å². The summed E-state index contributed by atoms with van der Waals surface area (Å²) in [6.07, 6.45) is 9.62. The van der Waals surface area contributed by atoms with Crippen LogP contribution < -0.4 is 16.0 Å². The molecule has 0 bridgehead atoms. The van der Waals surface area contributed by atoms with Gasteiger partial charge in [-0.15, -0.1) is 0 Å². The zero-order valence-corrected chi connectivity index (χ0v) is 17.9. The smallest absolute Gasteiger partial charge is 0.321 e. The third kappa shape index (κ3) is 6.47. The van der Waals surface area contributed by atoms with E-state index in [1.165, 1.54) is 19.3 Å². The van der Waals surface area contributed by atoms with Crippen LogP contribution in [0, 0.1) is 5.92 Å². The Kier molecular flexibility index (Phi) is 8.11. The molecule has 4 amide bonds. The van der Waals surface area contributed by atoms with E-state index in [2.05, 4.69) is 16.0 Å². The number of carbonyl (C=O) groups excluding carboxylic acids is 3. The van der Waals surface area contributed by atoms with Crippen molar-refractivity contribution in [2.45, 2.75) is 70.8 Å². The number of nitrogens with zero attached hydrogens (tertiary/aromatic N) is 1. The molecule has 0 spiro atoms. The van der Waals surface area contributed by atoms with E-state index in [0.717, 1.165) is 51.6 Å². The van der Waals surface area contributed by atoms with Crippen LogP contribution in [-0.4, -0.2) is 41.9 Å². The quantitative estimate of drug-likeness (QED) is 0.677. The van der Waals surface area contributed by atoms with Crippen LogP contribution >= 0.6 is 0 Å². The maximum atomic E-state index is 12.4. The minimum absolute atomic E-state index is 0.0241. The molecule has 1 unspecified atom stereocenters. The van der Waals surface area contributed by atoms with Crippen molar-refractivity contribution in [3.05, 3.63) is 24.3 Å². The minimum Gasteiger partial charge on any atom is -0.344 e. The topological polar surface area (TPSA) is 90.5 Å². The van der Waals surface area contributed by atoms with Gasteiger partial charge >= 0.3 is 6.03 Å². The molecule has 1 aliphatic carbocycles. The molecule has 30 heavy (non-hydrogen) atoms. The van der Waals surface area contributed by atoms with Crippen molar-refractivity contribution in [2.24, 2.45) is 5.92 Å². The van der Waals surface area contributed by atoms with Crippen molar-refractivity contribution < 1.29 is 14.4 Å². The Morgan fingerprint density at radius 2 is 1.37 bits per heavy atom. The van der Waals surface area contributed by atoms with Gasteiger partial charge in [-0.25, -0.2) is 4.79 Å². The van der Waals surface area contributed by atoms with Gasteiger partial charge in [-0.3, -0.25) is 9.59 Å². The van der Waals surface area contributed by atoms with Crippen LogP contribution in [0.25, 0.3) is 0 Å². The molecule has 2 aliphatic rings. The van der Waals surface area contributed by atoms with Crippen molar-refractivity contribution in [1.29, 1.82) is 0 Å². The molecule has 7 heteroatoms. The third-order valence-corrected chi connectivity index (χ3v) is 6.02. The molecule has 1 atom stereocenters. The summed E-state index contributed by atoms with van der Waals surface area (Å²) >= 11 is 0. The number of hydrogen-bond donors (Lipinski definition) is 3. The molecule has 1 aliphatic heterocycles. The highest BCUT2D eigenvalue weighted by Gasteiger charge is 2.24. The SMILES string of the molecule is CC(NC(=O)C1CCCCC1)C(=O)Nc1ccc(NC(=O)N2CCCCCC2)cc1. The molecule has 1 heterocycles. The first-order valence-corrected chi connectivity index (χ1v) is 11.3. The van der Waals surface area contributed by atoms with Crippen molar-refractivity contribution in [3.63, 3.8) is 0 Å². The second-order valence-electron chi connectivity index (χ2n) is 8.46. The van der Waals surface area contributed by atoms with Crippen LogP contribution in [0.4, 0.5) is 16.2 Å². The molecule has 7 nitrogen and oxygen atoms in total. The number of hydrogen-bond acceptors (Lipinski definition) is 3. The summed E-state index contributed by atoms with van der Waals surface area (Å²) in [5.41, 5.74) is 1.33. The minimum atomic E-state index is -0.596.